The van der Waals surface area contributed by atoms with Crippen LogP contribution in [0, 0.1) is 0 Å². The molecule has 1 aliphatic rings. The normalized spacial score (nSPS) is 22.0. The number of carboxylic acid groups (broad SMARTS) is 2. The van der Waals surface area contributed by atoms with Gasteiger partial charge in [-0.3, -0.25) is 4.79 Å². The van der Waals surface area contributed by atoms with E-state index in [1.807, 2.05) is 0 Å². The monoisotopic (exact) mass is 205 g/mol. The van der Waals surface area contributed by atoms with Crippen molar-refractivity contribution in [3.8, 4) is 0 Å². The number of aliphatic hydroxyl groups is 1. The number of carboxylic acids is 2. The van der Waals surface area contributed by atoms with Gasteiger partial charge in [0.1, 0.15) is 12.1 Å². The third-order valence-electron chi connectivity index (χ3n) is 1.72. The summed E-state index contributed by atoms with van der Waals surface area (Å²) < 4.78 is 0. The fourth-order valence-electron chi connectivity index (χ4n) is 0.895. The first-order chi connectivity index (χ1) is 6.45. The Labute approximate surface area is 81.5 Å². The van der Waals surface area contributed by atoms with E-state index in [0.29, 0.717) is 0 Å². The molecule has 0 saturated carbocycles. The van der Waals surface area contributed by atoms with Crippen LogP contribution in [0.15, 0.2) is 0 Å². The molecule has 14 heavy (non-hydrogen) atoms. The van der Waals surface area contributed by atoms with Crippen molar-refractivity contribution < 1.29 is 24.9 Å². The van der Waals surface area contributed by atoms with E-state index in [1.54, 1.807) is 0 Å². The van der Waals surface area contributed by atoms with Crippen LogP contribution in [0.1, 0.15) is 19.8 Å². The second-order valence-corrected chi connectivity index (χ2v) is 3.00. The van der Waals surface area contributed by atoms with Crippen LogP contribution >= 0.6 is 0 Å². The zero-order chi connectivity index (χ0) is 11.1. The first-order valence-electron chi connectivity index (χ1n) is 4.32. The van der Waals surface area contributed by atoms with Crippen molar-refractivity contribution in [3.05, 3.63) is 0 Å². The average Bonchev–Trinajstić information content (AvgIpc) is 2.56. The third kappa shape index (κ3) is 5.50. The van der Waals surface area contributed by atoms with Crippen LogP contribution in [0.4, 0.5) is 0 Å². The molecule has 1 saturated heterocycles. The van der Waals surface area contributed by atoms with Crippen LogP contribution in [-0.2, 0) is 9.59 Å². The van der Waals surface area contributed by atoms with Crippen molar-refractivity contribution in [2.45, 2.75) is 31.9 Å². The Bertz CT molecular complexity index is 198. The lowest BCUT2D eigenvalue weighted by Gasteiger charge is -1.99. The number of rotatable bonds is 2. The van der Waals surface area contributed by atoms with Gasteiger partial charge in [-0.05, 0) is 26.3 Å². The zero-order valence-corrected chi connectivity index (χ0v) is 7.93. The Morgan fingerprint density at radius 3 is 2.07 bits per heavy atom. The number of carbonyl (C=O) groups is 2. The summed E-state index contributed by atoms with van der Waals surface area (Å²) in [6, 6.07) is -0.269. The molecule has 4 N–H and O–H groups in total. The van der Waals surface area contributed by atoms with Crippen molar-refractivity contribution in [3.63, 3.8) is 0 Å². The van der Waals surface area contributed by atoms with Crippen LogP contribution in [0.25, 0.3) is 0 Å². The SMILES string of the molecule is CC(O)C(=O)O.O=C(O)C1CCCN1. The number of hydrogen-bond donors (Lipinski definition) is 4. The smallest absolute Gasteiger partial charge is 0.332 e. The molecule has 2 atom stereocenters. The summed E-state index contributed by atoms with van der Waals surface area (Å²) in [4.78, 5) is 19.6. The van der Waals surface area contributed by atoms with Crippen LogP contribution in [0.2, 0.25) is 0 Å². The van der Waals surface area contributed by atoms with E-state index in [-0.39, 0.29) is 6.04 Å². The fraction of sp³-hybridized carbons (Fsp3) is 0.750. The van der Waals surface area contributed by atoms with Gasteiger partial charge in [0, 0.05) is 0 Å². The van der Waals surface area contributed by atoms with E-state index in [4.69, 9.17) is 15.3 Å². The van der Waals surface area contributed by atoms with Gasteiger partial charge in [-0.2, -0.15) is 0 Å². The molecule has 0 spiro atoms. The molecule has 1 heterocycles. The Kier molecular flexibility index (Phi) is 5.82. The number of aliphatic carboxylic acids is 2. The predicted molar refractivity (Wildman–Crippen MR) is 48.0 cm³/mol. The number of aliphatic hydroxyl groups excluding tert-OH is 1. The summed E-state index contributed by atoms with van der Waals surface area (Å²) in [5, 5.41) is 27.0. The standard InChI is InChI=1S/C5H9NO2.C3H6O3/c7-5(8)4-2-1-3-6-4;1-2(4)3(5)6/h4,6H,1-3H2,(H,7,8);2,4H,1H3,(H,5,6). The molecule has 1 rings (SSSR count). The van der Waals surface area contributed by atoms with E-state index in [0.717, 1.165) is 19.4 Å². The maximum Gasteiger partial charge on any atom is 0.332 e. The number of hydrogen-bond acceptors (Lipinski definition) is 4. The summed E-state index contributed by atoms with van der Waals surface area (Å²) in [5.41, 5.74) is 0. The highest BCUT2D eigenvalue weighted by atomic mass is 16.4. The van der Waals surface area contributed by atoms with Gasteiger partial charge in [0.15, 0.2) is 0 Å². The summed E-state index contributed by atoms with van der Waals surface area (Å²) in [6.45, 7) is 2.05. The van der Waals surface area contributed by atoms with Gasteiger partial charge in [-0.15, -0.1) is 0 Å². The quantitative estimate of drug-likeness (QED) is 0.473. The molecular weight excluding hydrogens is 190 g/mol. The minimum Gasteiger partial charge on any atom is -0.480 e. The summed E-state index contributed by atoms with van der Waals surface area (Å²) >= 11 is 0. The third-order valence-corrected chi connectivity index (χ3v) is 1.72. The molecular formula is C8H15NO5. The Morgan fingerprint density at radius 2 is 1.93 bits per heavy atom. The second kappa shape index (κ2) is 6.33. The van der Waals surface area contributed by atoms with Crippen molar-refractivity contribution in [1.82, 2.24) is 5.32 Å². The number of nitrogens with one attached hydrogen (secondary N) is 1. The first kappa shape index (κ1) is 12.9. The molecule has 0 aromatic carbocycles. The maximum absolute atomic E-state index is 10.1. The highest BCUT2D eigenvalue weighted by Crippen LogP contribution is 2.03. The van der Waals surface area contributed by atoms with Gasteiger partial charge in [0.05, 0.1) is 0 Å². The largest absolute Gasteiger partial charge is 0.480 e. The van der Waals surface area contributed by atoms with Gasteiger partial charge >= 0.3 is 11.9 Å². The molecule has 0 amide bonds. The lowest BCUT2D eigenvalue weighted by atomic mass is 10.2. The molecule has 82 valence electrons. The highest BCUT2D eigenvalue weighted by Gasteiger charge is 2.20. The van der Waals surface area contributed by atoms with Gasteiger partial charge in [0.2, 0.25) is 0 Å². The Morgan fingerprint density at radius 1 is 1.43 bits per heavy atom. The van der Waals surface area contributed by atoms with Crippen molar-refractivity contribution in [2.75, 3.05) is 6.54 Å². The van der Waals surface area contributed by atoms with Crippen molar-refractivity contribution in [1.29, 1.82) is 0 Å². The predicted octanol–water partition coefficient (Wildman–Crippen LogP) is -0.725. The Balaban J connectivity index is 0.000000255. The van der Waals surface area contributed by atoms with Crippen molar-refractivity contribution >= 4 is 11.9 Å². The zero-order valence-electron chi connectivity index (χ0n) is 7.93. The van der Waals surface area contributed by atoms with E-state index in [2.05, 4.69) is 5.32 Å². The van der Waals surface area contributed by atoms with Crippen LogP contribution < -0.4 is 5.32 Å². The van der Waals surface area contributed by atoms with E-state index >= 15 is 0 Å². The molecule has 0 aromatic heterocycles. The average molecular weight is 205 g/mol. The van der Waals surface area contributed by atoms with Gasteiger partial charge in [0.25, 0.3) is 0 Å². The molecule has 0 bridgehead atoms. The van der Waals surface area contributed by atoms with Crippen LogP contribution in [0.3, 0.4) is 0 Å². The molecule has 1 aliphatic heterocycles. The summed E-state index contributed by atoms with van der Waals surface area (Å²) in [5.74, 6) is -1.91. The molecule has 1 fully saturated rings. The molecule has 6 nitrogen and oxygen atoms in total. The second-order valence-electron chi connectivity index (χ2n) is 3.00. The molecule has 2 unspecified atom stereocenters. The minimum absolute atomic E-state index is 0.269. The molecule has 0 radical (unpaired) electrons. The van der Waals surface area contributed by atoms with Crippen LogP contribution in [-0.4, -0.2) is 45.9 Å². The lowest BCUT2D eigenvalue weighted by molar-refractivity contribution is -0.145. The topological polar surface area (TPSA) is 107 Å². The van der Waals surface area contributed by atoms with Crippen molar-refractivity contribution in [2.24, 2.45) is 0 Å². The molecule has 0 aromatic rings. The maximum atomic E-state index is 10.1. The first-order valence-corrected chi connectivity index (χ1v) is 4.32. The van der Waals surface area contributed by atoms with E-state index in [9.17, 15) is 9.59 Å². The van der Waals surface area contributed by atoms with Gasteiger partial charge in [-0.25, -0.2) is 4.79 Å². The van der Waals surface area contributed by atoms with E-state index < -0.39 is 18.0 Å². The lowest BCUT2D eigenvalue weighted by Crippen LogP contribution is -2.29. The Hall–Kier alpha value is -1.14. The summed E-state index contributed by atoms with van der Waals surface area (Å²) in [6.07, 6.45) is 0.553. The minimum atomic E-state index is -1.23. The van der Waals surface area contributed by atoms with Gasteiger partial charge in [-0.1, -0.05) is 0 Å². The molecule has 6 heteroatoms. The van der Waals surface area contributed by atoms with Gasteiger partial charge < -0.3 is 20.6 Å². The van der Waals surface area contributed by atoms with Crippen LogP contribution in [0.5, 0.6) is 0 Å². The fourth-order valence-corrected chi connectivity index (χ4v) is 0.895. The summed E-state index contributed by atoms with van der Waals surface area (Å²) in [7, 11) is 0. The molecule has 0 aliphatic carbocycles. The van der Waals surface area contributed by atoms with E-state index in [1.165, 1.54) is 6.92 Å². The highest BCUT2D eigenvalue weighted by molar-refractivity contribution is 5.73.